The molecule has 2 fully saturated rings. The molecule has 2 heterocycles. The zero-order valence-corrected chi connectivity index (χ0v) is 20.2. The van der Waals surface area contributed by atoms with Crippen LogP contribution in [0.2, 0.25) is 0 Å². The molecule has 0 saturated carbocycles. The molecule has 0 radical (unpaired) electrons. The minimum Gasteiger partial charge on any atom is -0.368 e. The summed E-state index contributed by atoms with van der Waals surface area (Å²) in [6.07, 6.45) is 1.79. The molecule has 172 valence electrons. The quantitative estimate of drug-likeness (QED) is 0.736. The van der Waals surface area contributed by atoms with Gasteiger partial charge in [0.15, 0.2) is 0 Å². The van der Waals surface area contributed by atoms with Crippen LogP contribution in [0.4, 0.5) is 5.69 Å². The van der Waals surface area contributed by atoms with E-state index in [1.54, 1.807) is 4.90 Å². The summed E-state index contributed by atoms with van der Waals surface area (Å²) in [6, 6.07) is 8.65. The van der Waals surface area contributed by atoms with Crippen LogP contribution in [0, 0.1) is 0 Å². The van der Waals surface area contributed by atoms with E-state index < -0.39 is 0 Å². The lowest BCUT2D eigenvalue weighted by molar-refractivity contribution is -0.157. The smallest absolute Gasteiger partial charge is 0.312 e. The maximum absolute atomic E-state index is 13.3. The predicted molar refractivity (Wildman–Crippen MR) is 126 cm³/mol. The number of benzene rings is 1. The van der Waals surface area contributed by atoms with Crippen molar-refractivity contribution in [2.24, 2.45) is 0 Å². The highest BCUT2D eigenvalue weighted by Crippen LogP contribution is 2.32. The second-order valence-corrected chi connectivity index (χ2v) is 10.9. The van der Waals surface area contributed by atoms with E-state index in [1.807, 2.05) is 25.7 Å². The molecule has 0 aromatic heterocycles. The third-order valence-electron chi connectivity index (χ3n) is 6.42. The van der Waals surface area contributed by atoms with Gasteiger partial charge >= 0.3 is 11.8 Å². The van der Waals surface area contributed by atoms with Crippen molar-refractivity contribution in [3.63, 3.8) is 0 Å². The summed E-state index contributed by atoms with van der Waals surface area (Å²) in [5.74, 6) is -0.694. The highest BCUT2D eigenvalue weighted by atomic mass is 16.2. The molecule has 0 bridgehead atoms. The largest absolute Gasteiger partial charge is 0.368 e. The van der Waals surface area contributed by atoms with Crippen LogP contribution in [0.1, 0.15) is 59.9 Å². The Morgan fingerprint density at radius 3 is 2.06 bits per heavy atom. The lowest BCUT2D eigenvalue weighted by atomic mass is 9.85. The van der Waals surface area contributed by atoms with Gasteiger partial charge in [0.1, 0.15) is 0 Å². The highest BCUT2D eigenvalue weighted by Gasteiger charge is 2.39. The number of piperidine rings is 1. The van der Waals surface area contributed by atoms with Gasteiger partial charge in [-0.1, -0.05) is 39.0 Å². The molecule has 2 aliphatic rings. The lowest BCUT2D eigenvalue weighted by Crippen LogP contribution is -2.60. The fraction of sp³-hybridized carbons (Fsp3) is 0.680. The van der Waals surface area contributed by atoms with E-state index in [0.717, 1.165) is 39.0 Å². The van der Waals surface area contributed by atoms with Crippen LogP contribution < -0.4 is 10.2 Å². The van der Waals surface area contributed by atoms with Gasteiger partial charge in [-0.2, -0.15) is 0 Å². The molecule has 6 heteroatoms. The van der Waals surface area contributed by atoms with Gasteiger partial charge in [0.25, 0.3) is 0 Å². The van der Waals surface area contributed by atoms with Gasteiger partial charge < -0.3 is 20.0 Å². The van der Waals surface area contributed by atoms with Crippen LogP contribution in [0.15, 0.2) is 24.3 Å². The van der Waals surface area contributed by atoms with Crippen molar-refractivity contribution < 1.29 is 9.59 Å². The van der Waals surface area contributed by atoms with Crippen LogP contribution in [-0.2, 0) is 15.0 Å². The van der Waals surface area contributed by atoms with Crippen molar-refractivity contribution in [3.8, 4) is 0 Å². The second-order valence-electron chi connectivity index (χ2n) is 10.9. The minimum absolute atomic E-state index is 0.0571. The number of carbonyl (C=O) groups excluding carboxylic acids is 2. The van der Waals surface area contributed by atoms with Crippen molar-refractivity contribution in [1.29, 1.82) is 0 Å². The van der Waals surface area contributed by atoms with Crippen molar-refractivity contribution >= 4 is 17.5 Å². The SMILES string of the molecule is CC(C)(C)c1ccccc1N1CCN(C(=O)C(=O)N(C2CCNCC2)C(C)(C)C)CC1. The number of para-hydroxylation sites is 1. The first-order valence-electron chi connectivity index (χ1n) is 11.7. The molecule has 1 aromatic carbocycles. The summed E-state index contributed by atoms with van der Waals surface area (Å²) >= 11 is 0. The Labute approximate surface area is 188 Å². The van der Waals surface area contributed by atoms with Crippen LogP contribution in [-0.4, -0.2) is 72.5 Å². The summed E-state index contributed by atoms with van der Waals surface area (Å²) in [5, 5.41) is 3.35. The molecule has 6 nitrogen and oxygen atoms in total. The monoisotopic (exact) mass is 428 g/mol. The Hall–Kier alpha value is -2.08. The molecular weight excluding hydrogens is 388 g/mol. The third kappa shape index (κ3) is 5.40. The fourth-order valence-corrected chi connectivity index (χ4v) is 4.86. The standard InChI is InChI=1S/C25H40N4O2/c1-24(2,3)20-9-7-8-10-21(20)27-15-17-28(18-16-27)22(30)23(31)29(25(4,5)6)19-11-13-26-14-12-19/h7-10,19,26H,11-18H2,1-6H3. The number of nitrogens with zero attached hydrogens (tertiary/aromatic N) is 3. The van der Waals surface area contributed by atoms with Crippen LogP contribution >= 0.6 is 0 Å². The fourth-order valence-electron chi connectivity index (χ4n) is 4.86. The molecule has 2 aliphatic heterocycles. The number of rotatable bonds is 2. The molecule has 1 aromatic rings. The molecule has 0 spiro atoms. The zero-order chi connectivity index (χ0) is 22.8. The Balaban J connectivity index is 1.69. The number of hydrogen-bond donors (Lipinski definition) is 1. The van der Waals surface area contributed by atoms with Crippen molar-refractivity contribution in [2.75, 3.05) is 44.2 Å². The van der Waals surface area contributed by atoms with E-state index in [2.05, 4.69) is 55.3 Å². The van der Waals surface area contributed by atoms with Crippen LogP contribution in [0.3, 0.4) is 0 Å². The average molecular weight is 429 g/mol. The zero-order valence-electron chi connectivity index (χ0n) is 20.2. The number of nitrogens with one attached hydrogen (secondary N) is 1. The molecule has 1 N–H and O–H groups in total. The molecular formula is C25H40N4O2. The average Bonchev–Trinajstić information content (AvgIpc) is 2.72. The maximum Gasteiger partial charge on any atom is 0.312 e. The molecule has 2 amide bonds. The first kappa shape index (κ1) is 23.6. The number of piperazine rings is 1. The molecule has 3 rings (SSSR count). The number of hydrogen-bond acceptors (Lipinski definition) is 4. The number of anilines is 1. The number of amides is 2. The molecule has 2 saturated heterocycles. The molecule has 0 aliphatic carbocycles. The minimum atomic E-state index is -0.373. The van der Waals surface area contributed by atoms with Crippen molar-refractivity contribution in [1.82, 2.24) is 15.1 Å². The molecule has 0 atom stereocenters. The third-order valence-corrected chi connectivity index (χ3v) is 6.42. The Morgan fingerprint density at radius 2 is 1.52 bits per heavy atom. The lowest BCUT2D eigenvalue weighted by Gasteiger charge is -2.44. The van der Waals surface area contributed by atoms with E-state index in [9.17, 15) is 9.59 Å². The Kier molecular flexibility index (Phi) is 6.99. The van der Waals surface area contributed by atoms with Crippen molar-refractivity contribution in [3.05, 3.63) is 29.8 Å². The van der Waals surface area contributed by atoms with Gasteiger partial charge in [-0.3, -0.25) is 9.59 Å². The number of carbonyl (C=O) groups is 2. The second kappa shape index (κ2) is 9.19. The Morgan fingerprint density at radius 1 is 0.935 bits per heavy atom. The first-order valence-corrected chi connectivity index (χ1v) is 11.7. The van der Waals surface area contributed by atoms with E-state index in [1.165, 1.54) is 11.3 Å². The van der Waals surface area contributed by atoms with Crippen LogP contribution in [0.5, 0.6) is 0 Å². The summed E-state index contributed by atoms with van der Waals surface area (Å²) < 4.78 is 0. The normalized spacial score (nSPS) is 18.8. The van der Waals surface area contributed by atoms with Gasteiger partial charge in [-0.15, -0.1) is 0 Å². The van der Waals surface area contributed by atoms with Gasteiger partial charge in [-0.25, -0.2) is 0 Å². The van der Waals surface area contributed by atoms with Crippen molar-refractivity contribution in [2.45, 2.75) is 71.4 Å². The van der Waals surface area contributed by atoms with Gasteiger partial charge in [0, 0.05) is 43.4 Å². The van der Waals surface area contributed by atoms with E-state index in [0.29, 0.717) is 13.1 Å². The predicted octanol–water partition coefficient (Wildman–Crippen LogP) is 3.01. The molecule has 31 heavy (non-hydrogen) atoms. The topological polar surface area (TPSA) is 55.9 Å². The van der Waals surface area contributed by atoms with E-state index in [-0.39, 0.29) is 28.8 Å². The Bertz CT molecular complexity index is 779. The first-order chi connectivity index (χ1) is 14.5. The van der Waals surface area contributed by atoms with E-state index >= 15 is 0 Å². The highest BCUT2D eigenvalue weighted by molar-refractivity contribution is 6.35. The van der Waals surface area contributed by atoms with Gasteiger partial charge in [0.05, 0.1) is 0 Å². The maximum atomic E-state index is 13.3. The van der Waals surface area contributed by atoms with Gasteiger partial charge in [-0.05, 0) is 63.7 Å². The summed E-state index contributed by atoms with van der Waals surface area (Å²) in [7, 11) is 0. The molecule has 0 unspecified atom stereocenters. The summed E-state index contributed by atoms with van der Waals surface area (Å²) in [4.78, 5) is 32.5. The summed E-state index contributed by atoms with van der Waals surface area (Å²) in [5.41, 5.74) is 2.24. The van der Waals surface area contributed by atoms with E-state index in [4.69, 9.17) is 0 Å². The summed E-state index contributed by atoms with van der Waals surface area (Å²) in [6.45, 7) is 17.2. The van der Waals surface area contributed by atoms with Gasteiger partial charge in [0.2, 0.25) is 0 Å². The van der Waals surface area contributed by atoms with Crippen LogP contribution in [0.25, 0.3) is 0 Å².